The molecule has 0 bridgehead atoms. The first-order chi connectivity index (χ1) is 10.7. The Morgan fingerprint density at radius 2 is 1.91 bits per heavy atom. The first-order valence-corrected chi connectivity index (χ1v) is 7.62. The van der Waals surface area contributed by atoms with E-state index in [9.17, 15) is 9.59 Å². The standard InChI is InChI=1S/C16H21N3O3/c1-22-11-15(20)18-6-8-19(9-7-18)16(21)13-2-3-14-12(10-13)4-5-17-14/h2-3,10,17H,4-9,11H2,1H3. The maximum atomic E-state index is 12.6. The van der Waals surface area contributed by atoms with Crippen LogP contribution in [-0.4, -0.2) is 68.1 Å². The van der Waals surface area contributed by atoms with Gasteiger partial charge in [0.2, 0.25) is 5.91 Å². The van der Waals surface area contributed by atoms with Gasteiger partial charge in [0, 0.05) is 51.1 Å². The number of fused-ring (bicyclic) bond motifs is 1. The van der Waals surface area contributed by atoms with Crippen LogP contribution < -0.4 is 5.32 Å². The number of rotatable bonds is 3. The molecule has 1 aromatic carbocycles. The summed E-state index contributed by atoms with van der Waals surface area (Å²) >= 11 is 0. The van der Waals surface area contributed by atoms with E-state index in [4.69, 9.17) is 4.74 Å². The molecule has 2 aliphatic heterocycles. The van der Waals surface area contributed by atoms with Crippen LogP contribution in [0, 0.1) is 0 Å². The summed E-state index contributed by atoms with van der Waals surface area (Å²) in [5.41, 5.74) is 3.07. The maximum absolute atomic E-state index is 12.6. The predicted molar refractivity (Wildman–Crippen MR) is 83.0 cm³/mol. The molecule has 0 aromatic heterocycles. The summed E-state index contributed by atoms with van der Waals surface area (Å²) < 4.78 is 4.87. The van der Waals surface area contributed by atoms with Crippen molar-refractivity contribution in [3.63, 3.8) is 0 Å². The Bertz CT molecular complexity index is 580. The van der Waals surface area contributed by atoms with E-state index in [1.54, 1.807) is 4.90 Å². The molecule has 6 heteroatoms. The van der Waals surface area contributed by atoms with Crippen molar-refractivity contribution in [3.05, 3.63) is 29.3 Å². The van der Waals surface area contributed by atoms with Crippen molar-refractivity contribution in [1.82, 2.24) is 9.80 Å². The molecule has 0 spiro atoms. The van der Waals surface area contributed by atoms with Crippen LogP contribution in [0.5, 0.6) is 0 Å². The molecular formula is C16H21N3O3. The molecule has 0 radical (unpaired) electrons. The lowest BCUT2D eigenvalue weighted by Gasteiger charge is -2.34. The normalized spacial score (nSPS) is 17.1. The second kappa shape index (κ2) is 6.36. The highest BCUT2D eigenvalue weighted by molar-refractivity contribution is 5.95. The fourth-order valence-electron chi connectivity index (χ4n) is 2.99. The van der Waals surface area contributed by atoms with Crippen LogP contribution in [0.2, 0.25) is 0 Å². The molecule has 118 valence electrons. The van der Waals surface area contributed by atoms with Crippen molar-refractivity contribution in [2.24, 2.45) is 0 Å². The van der Waals surface area contributed by atoms with Crippen LogP contribution in [-0.2, 0) is 16.0 Å². The lowest BCUT2D eigenvalue weighted by Crippen LogP contribution is -2.51. The van der Waals surface area contributed by atoms with Gasteiger partial charge in [-0.25, -0.2) is 0 Å². The van der Waals surface area contributed by atoms with Crippen LogP contribution in [0.25, 0.3) is 0 Å². The molecule has 0 aliphatic carbocycles. The van der Waals surface area contributed by atoms with E-state index in [2.05, 4.69) is 5.32 Å². The molecule has 2 aliphatic rings. The van der Waals surface area contributed by atoms with Gasteiger partial charge in [-0.2, -0.15) is 0 Å². The van der Waals surface area contributed by atoms with Gasteiger partial charge in [0.15, 0.2) is 0 Å². The van der Waals surface area contributed by atoms with Crippen LogP contribution >= 0.6 is 0 Å². The number of hydrogen-bond donors (Lipinski definition) is 1. The number of nitrogens with one attached hydrogen (secondary N) is 1. The number of nitrogens with zero attached hydrogens (tertiary/aromatic N) is 2. The second-order valence-corrected chi connectivity index (χ2v) is 5.65. The first-order valence-electron chi connectivity index (χ1n) is 7.62. The van der Waals surface area contributed by atoms with E-state index in [0.717, 1.165) is 24.2 Å². The van der Waals surface area contributed by atoms with E-state index in [-0.39, 0.29) is 18.4 Å². The van der Waals surface area contributed by atoms with Gasteiger partial charge >= 0.3 is 0 Å². The van der Waals surface area contributed by atoms with E-state index < -0.39 is 0 Å². The zero-order chi connectivity index (χ0) is 15.5. The number of carbonyl (C=O) groups excluding carboxylic acids is 2. The fraction of sp³-hybridized carbons (Fsp3) is 0.500. The summed E-state index contributed by atoms with van der Waals surface area (Å²) in [6.07, 6.45) is 0.968. The van der Waals surface area contributed by atoms with Crippen molar-refractivity contribution >= 4 is 17.5 Å². The zero-order valence-corrected chi connectivity index (χ0v) is 12.8. The minimum atomic E-state index is -0.0156. The summed E-state index contributed by atoms with van der Waals surface area (Å²) in [5, 5.41) is 3.30. The van der Waals surface area contributed by atoms with E-state index in [0.29, 0.717) is 26.2 Å². The number of amides is 2. The van der Waals surface area contributed by atoms with Gasteiger partial charge < -0.3 is 19.9 Å². The van der Waals surface area contributed by atoms with Crippen LogP contribution in [0.3, 0.4) is 0 Å². The molecule has 0 saturated carbocycles. The Labute approximate surface area is 130 Å². The van der Waals surface area contributed by atoms with Crippen LogP contribution in [0.15, 0.2) is 18.2 Å². The van der Waals surface area contributed by atoms with Crippen LogP contribution in [0.4, 0.5) is 5.69 Å². The fourth-order valence-corrected chi connectivity index (χ4v) is 2.99. The summed E-state index contributed by atoms with van der Waals surface area (Å²) in [7, 11) is 1.51. The molecule has 0 atom stereocenters. The van der Waals surface area contributed by atoms with Crippen molar-refractivity contribution in [2.75, 3.05) is 51.8 Å². The highest BCUT2D eigenvalue weighted by Crippen LogP contribution is 2.23. The quantitative estimate of drug-likeness (QED) is 0.887. The van der Waals surface area contributed by atoms with Crippen molar-refractivity contribution < 1.29 is 14.3 Å². The SMILES string of the molecule is COCC(=O)N1CCN(C(=O)c2ccc3c(c2)CCN3)CC1. The van der Waals surface area contributed by atoms with Crippen molar-refractivity contribution in [2.45, 2.75) is 6.42 Å². The van der Waals surface area contributed by atoms with Gasteiger partial charge in [0.05, 0.1) is 0 Å². The Morgan fingerprint density at radius 3 is 2.64 bits per heavy atom. The van der Waals surface area contributed by atoms with Gasteiger partial charge in [-0.3, -0.25) is 9.59 Å². The number of methoxy groups -OCH3 is 1. The molecule has 3 rings (SSSR count). The highest BCUT2D eigenvalue weighted by Gasteiger charge is 2.25. The Kier molecular flexibility index (Phi) is 4.29. The Morgan fingerprint density at radius 1 is 1.18 bits per heavy atom. The summed E-state index contributed by atoms with van der Waals surface area (Å²) in [6, 6.07) is 5.84. The van der Waals surface area contributed by atoms with Gasteiger partial charge in [-0.15, -0.1) is 0 Å². The molecule has 6 nitrogen and oxygen atoms in total. The first kappa shape index (κ1) is 14.8. The molecule has 1 N–H and O–H groups in total. The number of hydrogen-bond acceptors (Lipinski definition) is 4. The minimum absolute atomic E-state index is 0.0156. The average molecular weight is 303 g/mol. The van der Waals surface area contributed by atoms with Crippen LogP contribution in [0.1, 0.15) is 15.9 Å². The summed E-state index contributed by atoms with van der Waals surface area (Å²) in [5.74, 6) is 0.0340. The third-order valence-corrected chi connectivity index (χ3v) is 4.25. The van der Waals surface area contributed by atoms with Gasteiger partial charge in [0.1, 0.15) is 6.61 Å². The number of carbonyl (C=O) groups is 2. The molecule has 1 fully saturated rings. The molecule has 1 saturated heterocycles. The zero-order valence-electron chi connectivity index (χ0n) is 12.8. The average Bonchev–Trinajstić information content (AvgIpc) is 3.02. The highest BCUT2D eigenvalue weighted by atomic mass is 16.5. The lowest BCUT2D eigenvalue weighted by atomic mass is 10.1. The number of anilines is 1. The smallest absolute Gasteiger partial charge is 0.253 e. The monoisotopic (exact) mass is 303 g/mol. The molecule has 1 aromatic rings. The summed E-state index contributed by atoms with van der Waals surface area (Å²) in [6.45, 7) is 3.33. The number of piperazine rings is 1. The molecular weight excluding hydrogens is 282 g/mol. The van der Waals surface area contributed by atoms with Gasteiger partial charge in [-0.1, -0.05) is 0 Å². The lowest BCUT2D eigenvalue weighted by molar-refractivity contribution is -0.136. The Balaban J connectivity index is 1.61. The molecule has 22 heavy (non-hydrogen) atoms. The van der Waals surface area contributed by atoms with Gasteiger partial charge in [-0.05, 0) is 30.2 Å². The van der Waals surface area contributed by atoms with Gasteiger partial charge in [0.25, 0.3) is 5.91 Å². The van der Waals surface area contributed by atoms with Crippen molar-refractivity contribution in [3.8, 4) is 0 Å². The minimum Gasteiger partial charge on any atom is -0.384 e. The number of ether oxygens (including phenoxy) is 1. The molecule has 2 heterocycles. The van der Waals surface area contributed by atoms with E-state index in [1.807, 2.05) is 23.1 Å². The molecule has 2 amide bonds. The summed E-state index contributed by atoms with van der Waals surface area (Å²) in [4.78, 5) is 27.9. The predicted octanol–water partition coefficient (Wildman–Crippen LogP) is 0.585. The Hall–Kier alpha value is -2.08. The maximum Gasteiger partial charge on any atom is 0.253 e. The largest absolute Gasteiger partial charge is 0.384 e. The van der Waals surface area contributed by atoms with E-state index >= 15 is 0 Å². The second-order valence-electron chi connectivity index (χ2n) is 5.65. The van der Waals surface area contributed by atoms with Crippen molar-refractivity contribution in [1.29, 1.82) is 0 Å². The third kappa shape index (κ3) is 2.92. The van der Waals surface area contributed by atoms with E-state index in [1.165, 1.54) is 12.7 Å². The topological polar surface area (TPSA) is 61.9 Å². The third-order valence-electron chi connectivity index (χ3n) is 4.25. The number of benzene rings is 1. The molecule has 0 unspecified atom stereocenters.